The molecule has 2 amide bonds. The molecule has 0 aromatic carbocycles. The van der Waals surface area contributed by atoms with E-state index in [9.17, 15) is 9.59 Å². The third kappa shape index (κ3) is 20.6. The Morgan fingerprint density at radius 1 is 0.667 bits per heavy atom. The summed E-state index contributed by atoms with van der Waals surface area (Å²) in [4.78, 5) is 34.0. The minimum atomic E-state index is -0.349. The van der Waals surface area contributed by atoms with Gasteiger partial charge >= 0.3 is 0 Å². The van der Waals surface area contributed by atoms with E-state index in [1.807, 2.05) is 0 Å². The van der Waals surface area contributed by atoms with Crippen molar-refractivity contribution in [2.75, 3.05) is 19.6 Å². The summed E-state index contributed by atoms with van der Waals surface area (Å²) in [5, 5.41) is 3.43. The summed E-state index contributed by atoms with van der Waals surface area (Å²) in [6.45, 7) is 12.2. The topological polar surface area (TPSA) is 52.7 Å². The van der Waals surface area contributed by atoms with Gasteiger partial charge in [-0.25, -0.2) is 0 Å². The summed E-state index contributed by atoms with van der Waals surface area (Å²) in [7, 11) is 0. The van der Waals surface area contributed by atoms with Crippen LogP contribution in [0.2, 0.25) is 0 Å². The van der Waals surface area contributed by atoms with E-state index >= 15 is 0 Å². The molecule has 1 fully saturated rings. The fourth-order valence-electron chi connectivity index (χ4n) is 8.73. The van der Waals surface area contributed by atoms with Gasteiger partial charge in [-0.2, -0.15) is 0 Å². The lowest BCUT2D eigenvalue weighted by atomic mass is 9.85. The number of allylic oxidation sites excluding steroid dienone is 2. The van der Waals surface area contributed by atoms with Gasteiger partial charge in [-0.05, 0) is 83.3 Å². The number of carbonyl (C=O) groups excluding carboxylic acids is 2. The van der Waals surface area contributed by atoms with Crippen molar-refractivity contribution in [2.24, 2.45) is 5.92 Å². The van der Waals surface area contributed by atoms with Crippen LogP contribution in [-0.2, 0) is 9.59 Å². The number of amides is 2. The van der Waals surface area contributed by atoms with Gasteiger partial charge in [0.2, 0.25) is 11.8 Å². The number of likely N-dealkylation sites (tertiary alicyclic amines) is 1. The van der Waals surface area contributed by atoms with Gasteiger partial charge in [-0.15, -0.1) is 0 Å². The molecule has 0 spiro atoms. The van der Waals surface area contributed by atoms with Crippen molar-refractivity contribution in [3.63, 3.8) is 0 Å². The quantitative estimate of drug-likeness (QED) is 0.0706. The number of piperidine rings is 1. The van der Waals surface area contributed by atoms with Crippen LogP contribution in [0.4, 0.5) is 0 Å². The second-order valence-electron chi connectivity index (χ2n) is 16.5. The van der Waals surface area contributed by atoms with E-state index < -0.39 is 0 Å². The zero-order valence-electron chi connectivity index (χ0n) is 34.8. The maximum absolute atomic E-state index is 14.7. The Morgan fingerprint density at radius 3 is 1.59 bits per heavy atom. The zero-order chi connectivity index (χ0) is 36.8. The lowest BCUT2D eigenvalue weighted by Crippen LogP contribution is -2.58. The molecule has 0 bridgehead atoms. The minimum absolute atomic E-state index is 0.110. The van der Waals surface area contributed by atoms with Gasteiger partial charge in [-0.3, -0.25) is 9.59 Å². The van der Waals surface area contributed by atoms with Gasteiger partial charge in [0.25, 0.3) is 0 Å². The molecule has 1 heterocycles. The Balaban J connectivity index is 2.16. The summed E-state index contributed by atoms with van der Waals surface area (Å²) < 4.78 is 0. The molecule has 0 saturated carbocycles. The van der Waals surface area contributed by atoms with E-state index in [0.29, 0.717) is 6.42 Å². The van der Waals surface area contributed by atoms with Crippen LogP contribution in [0.3, 0.4) is 0 Å². The summed E-state index contributed by atoms with van der Waals surface area (Å²) in [5.74, 6) is 0.606. The Labute approximate surface area is 318 Å². The van der Waals surface area contributed by atoms with Crippen LogP contribution in [0, 0.1) is 5.92 Å². The molecular formula is C46H87N3O2. The van der Waals surface area contributed by atoms with Gasteiger partial charge < -0.3 is 15.1 Å². The number of unbranched alkanes of at least 4 members (excludes halogenated alkanes) is 20. The highest BCUT2D eigenvalue weighted by molar-refractivity contribution is 5.89. The van der Waals surface area contributed by atoms with Crippen molar-refractivity contribution in [1.82, 2.24) is 15.1 Å². The molecule has 1 atom stereocenters. The number of nitrogens with one attached hydrogen (secondary N) is 1. The zero-order valence-corrected chi connectivity index (χ0v) is 34.8. The predicted octanol–water partition coefficient (Wildman–Crippen LogP) is 13.1. The minimum Gasteiger partial charge on any atom is -0.328 e. The number of rotatable bonds is 32. The van der Waals surface area contributed by atoms with E-state index in [1.165, 1.54) is 128 Å². The van der Waals surface area contributed by atoms with Crippen LogP contribution in [0.25, 0.3) is 0 Å². The fourth-order valence-corrected chi connectivity index (χ4v) is 8.73. The summed E-state index contributed by atoms with van der Waals surface area (Å²) in [6, 6.07) is -0.180. The van der Waals surface area contributed by atoms with Gasteiger partial charge in [0, 0.05) is 18.2 Å². The number of carbonyl (C=O) groups is 2. The Kier molecular flexibility index (Phi) is 27.9. The lowest BCUT2D eigenvalue weighted by Gasteiger charge is -2.44. The number of nitrogens with zero attached hydrogens (tertiary/aromatic N) is 2. The molecule has 1 saturated heterocycles. The van der Waals surface area contributed by atoms with Crippen molar-refractivity contribution >= 4 is 11.8 Å². The molecule has 0 aromatic rings. The van der Waals surface area contributed by atoms with Crippen LogP contribution in [0.1, 0.15) is 233 Å². The first-order valence-electron chi connectivity index (χ1n) is 23.1. The van der Waals surface area contributed by atoms with Gasteiger partial charge in [0.1, 0.15) is 6.04 Å². The third-order valence-electron chi connectivity index (χ3n) is 12.1. The standard InChI is InChI=1S/C46H87N3O2/c1-5-9-12-15-16-17-18-19-20-21-22-25-31-36-44(50)49(43(34-29-23-13-10-6-2)35-30-24-14-11-7-3)45(41-37-39-48(8-4)40-38-41)46(51)47-42-32-27-26-28-33-42/h32,41,43,45H,5-31,33-40H2,1-4H3,(H,47,51). The lowest BCUT2D eigenvalue weighted by molar-refractivity contribution is -0.147. The largest absolute Gasteiger partial charge is 0.328 e. The average molecular weight is 714 g/mol. The first kappa shape index (κ1) is 45.8. The predicted molar refractivity (Wildman–Crippen MR) is 221 cm³/mol. The molecule has 51 heavy (non-hydrogen) atoms. The van der Waals surface area contributed by atoms with E-state index in [0.717, 1.165) is 96.0 Å². The fraction of sp³-hybridized carbons (Fsp3) is 0.913. The van der Waals surface area contributed by atoms with E-state index in [4.69, 9.17) is 0 Å². The van der Waals surface area contributed by atoms with Crippen molar-refractivity contribution in [2.45, 2.75) is 245 Å². The monoisotopic (exact) mass is 714 g/mol. The molecule has 1 N–H and O–H groups in total. The van der Waals surface area contributed by atoms with Crippen molar-refractivity contribution < 1.29 is 9.59 Å². The number of hydrogen-bond donors (Lipinski definition) is 1. The van der Waals surface area contributed by atoms with Gasteiger partial charge in [-0.1, -0.05) is 175 Å². The smallest absolute Gasteiger partial charge is 0.247 e. The molecule has 5 heteroatoms. The molecule has 0 aromatic heterocycles. The van der Waals surface area contributed by atoms with Crippen LogP contribution in [0.15, 0.2) is 11.8 Å². The second-order valence-corrected chi connectivity index (χ2v) is 16.5. The SMILES string of the molecule is CCCCCCCCCCCCCCCC(=O)N(C(CCCCCCC)CCCCCCC)C(C(=O)NC1=CCCCC1)C1CCN(CC)CC1. The first-order valence-corrected chi connectivity index (χ1v) is 23.1. The third-order valence-corrected chi connectivity index (χ3v) is 12.1. The Morgan fingerprint density at radius 2 is 1.14 bits per heavy atom. The summed E-state index contributed by atoms with van der Waals surface area (Å²) in [6.07, 6.45) is 40.8. The highest BCUT2D eigenvalue weighted by Gasteiger charge is 2.41. The molecule has 5 nitrogen and oxygen atoms in total. The van der Waals surface area contributed by atoms with Crippen molar-refractivity contribution in [3.05, 3.63) is 11.8 Å². The van der Waals surface area contributed by atoms with Crippen LogP contribution >= 0.6 is 0 Å². The molecule has 0 radical (unpaired) electrons. The molecule has 1 aliphatic heterocycles. The second kappa shape index (κ2) is 31.0. The van der Waals surface area contributed by atoms with Gasteiger partial charge in [0.15, 0.2) is 0 Å². The van der Waals surface area contributed by atoms with E-state index in [1.54, 1.807) is 0 Å². The summed E-state index contributed by atoms with van der Waals surface area (Å²) >= 11 is 0. The summed E-state index contributed by atoms with van der Waals surface area (Å²) in [5.41, 5.74) is 1.10. The maximum atomic E-state index is 14.7. The normalized spacial score (nSPS) is 16.4. The molecule has 2 aliphatic rings. The van der Waals surface area contributed by atoms with Crippen molar-refractivity contribution in [1.29, 1.82) is 0 Å². The Hall–Kier alpha value is -1.36. The highest BCUT2D eigenvalue weighted by atomic mass is 16.2. The maximum Gasteiger partial charge on any atom is 0.247 e. The Bertz CT molecular complexity index is 866. The highest BCUT2D eigenvalue weighted by Crippen LogP contribution is 2.31. The van der Waals surface area contributed by atoms with Crippen LogP contribution < -0.4 is 5.32 Å². The van der Waals surface area contributed by atoms with Crippen LogP contribution in [0.5, 0.6) is 0 Å². The van der Waals surface area contributed by atoms with E-state index in [-0.39, 0.29) is 29.8 Å². The number of hydrogen-bond acceptors (Lipinski definition) is 3. The first-order chi connectivity index (χ1) is 25.0. The molecule has 298 valence electrons. The van der Waals surface area contributed by atoms with Crippen molar-refractivity contribution in [3.8, 4) is 0 Å². The van der Waals surface area contributed by atoms with E-state index in [2.05, 4.69) is 48.9 Å². The molecular weight excluding hydrogens is 627 g/mol. The molecule has 2 rings (SSSR count). The molecule has 1 unspecified atom stereocenters. The molecule has 1 aliphatic carbocycles. The average Bonchev–Trinajstić information content (AvgIpc) is 3.15. The van der Waals surface area contributed by atoms with Crippen LogP contribution in [-0.4, -0.2) is 53.3 Å². The van der Waals surface area contributed by atoms with Gasteiger partial charge in [0.05, 0.1) is 0 Å².